The number of benzene rings is 2. The fraction of sp³-hybridized carbons (Fsp3) is 0.391. The minimum absolute atomic E-state index is 0.177. The Hall–Kier alpha value is -2.37. The number of amides is 1. The van der Waals surface area contributed by atoms with Crippen molar-refractivity contribution in [2.24, 2.45) is 0 Å². The first kappa shape index (κ1) is 23.8. The van der Waals surface area contributed by atoms with E-state index in [4.69, 9.17) is 4.74 Å². The number of likely N-dealkylation sites (N-methyl/N-ethyl adjacent to an activating group) is 1. The highest BCUT2D eigenvalue weighted by Gasteiger charge is 2.27. The van der Waals surface area contributed by atoms with E-state index < -0.39 is 10.0 Å². The number of anilines is 1. The summed E-state index contributed by atoms with van der Waals surface area (Å²) < 4.78 is 33.5. The highest BCUT2D eigenvalue weighted by atomic mass is 32.2. The molecular weight excluding hydrogens is 460 g/mol. The van der Waals surface area contributed by atoms with E-state index in [2.05, 4.69) is 11.1 Å². The van der Waals surface area contributed by atoms with Crippen molar-refractivity contribution in [1.82, 2.24) is 14.2 Å². The summed E-state index contributed by atoms with van der Waals surface area (Å²) in [6, 6.07) is 12.2. The number of sulfonamides is 1. The maximum atomic E-state index is 13.5. The van der Waals surface area contributed by atoms with Gasteiger partial charge in [0.15, 0.2) is 5.13 Å². The fourth-order valence-corrected chi connectivity index (χ4v) is 6.08. The molecule has 0 unspecified atom stereocenters. The number of thiazole rings is 1. The molecule has 176 valence electrons. The number of aryl methyl sites for hydroxylation is 1. The van der Waals surface area contributed by atoms with E-state index >= 15 is 0 Å². The van der Waals surface area contributed by atoms with Gasteiger partial charge in [-0.15, -0.1) is 0 Å². The van der Waals surface area contributed by atoms with Gasteiger partial charge in [-0.05, 0) is 63.0 Å². The van der Waals surface area contributed by atoms with Crippen LogP contribution in [0.15, 0.2) is 47.4 Å². The van der Waals surface area contributed by atoms with Crippen LogP contribution in [0.3, 0.4) is 0 Å². The van der Waals surface area contributed by atoms with Crippen LogP contribution in [0, 0.1) is 6.92 Å². The Balaban J connectivity index is 1.61. The van der Waals surface area contributed by atoms with Crippen molar-refractivity contribution in [1.29, 1.82) is 0 Å². The number of aromatic nitrogens is 1. The summed E-state index contributed by atoms with van der Waals surface area (Å²) in [6.45, 7) is 4.61. The molecule has 2 heterocycles. The summed E-state index contributed by atoms with van der Waals surface area (Å²) in [5, 5.41) is 0.632. The minimum atomic E-state index is -3.61. The van der Waals surface area contributed by atoms with Crippen LogP contribution < -0.4 is 4.90 Å². The molecule has 3 aromatic rings. The van der Waals surface area contributed by atoms with Crippen molar-refractivity contribution in [2.45, 2.75) is 11.8 Å². The number of rotatable bonds is 7. The average molecular weight is 489 g/mol. The minimum Gasteiger partial charge on any atom is -0.379 e. The first-order chi connectivity index (χ1) is 15.8. The van der Waals surface area contributed by atoms with E-state index in [1.807, 2.05) is 38.1 Å². The third-order valence-corrected chi connectivity index (χ3v) is 8.44. The molecule has 10 heteroatoms. The summed E-state index contributed by atoms with van der Waals surface area (Å²) in [5.41, 5.74) is 2.42. The second kappa shape index (κ2) is 9.86. The van der Waals surface area contributed by atoms with E-state index in [9.17, 15) is 13.2 Å². The Morgan fingerprint density at radius 1 is 1.09 bits per heavy atom. The number of hydrogen-bond acceptors (Lipinski definition) is 7. The number of carbonyl (C=O) groups is 1. The molecular formula is C23H28N4O4S2. The number of morpholine rings is 1. The Morgan fingerprint density at radius 3 is 2.45 bits per heavy atom. The van der Waals surface area contributed by atoms with Gasteiger partial charge in [0.1, 0.15) is 0 Å². The number of nitrogens with zero attached hydrogens (tertiary/aromatic N) is 4. The lowest BCUT2D eigenvalue weighted by molar-refractivity contribution is 0.0730. The third kappa shape index (κ3) is 5.25. The summed E-state index contributed by atoms with van der Waals surface area (Å²) >= 11 is 1.48. The quantitative estimate of drug-likeness (QED) is 0.509. The number of carbonyl (C=O) groups excluding carboxylic acids is 1. The van der Waals surface area contributed by atoms with Crippen LogP contribution in [0.1, 0.15) is 15.9 Å². The molecule has 0 saturated carbocycles. The van der Waals surface area contributed by atoms with E-state index in [1.54, 1.807) is 17.0 Å². The largest absolute Gasteiger partial charge is 0.379 e. The number of ether oxygens (including phenoxy) is 1. The van der Waals surface area contributed by atoms with Gasteiger partial charge in [-0.2, -0.15) is 4.31 Å². The van der Waals surface area contributed by atoms with Gasteiger partial charge in [-0.1, -0.05) is 17.4 Å². The highest BCUT2D eigenvalue weighted by molar-refractivity contribution is 7.89. The van der Waals surface area contributed by atoms with Crippen molar-refractivity contribution >= 4 is 42.6 Å². The van der Waals surface area contributed by atoms with Gasteiger partial charge in [0.2, 0.25) is 10.0 Å². The molecule has 1 aliphatic rings. The van der Waals surface area contributed by atoms with Crippen LogP contribution >= 0.6 is 11.3 Å². The summed E-state index contributed by atoms with van der Waals surface area (Å²) in [7, 11) is 0.300. The molecule has 0 spiro atoms. The Morgan fingerprint density at radius 2 is 1.79 bits per heavy atom. The van der Waals surface area contributed by atoms with Gasteiger partial charge in [-0.25, -0.2) is 13.4 Å². The van der Waals surface area contributed by atoms with E-state index in [1.165, 1.54) is 27.8 Å². The molecule has 1 saturated heterocycles. The van der Waals surface area contributed by atoms with Crippen LogP contribution in [0.5, 0.6) is 0 Å². The zero-order valence-corrected chi connectivity index (χ0v) is 20.7. The number of fused-ring (bicyclic) bond motifs is 1. The normalized spacial score (nSPS) is 15.3. The molecule has 0 N–H and O–H groups in total. The molecule has 0 bridgehead atoms. The molecule has 2 aromatic carbocycles. The van der Waals surface area contributed by atoms with Crippen molar-refractivity contribution in [3.63, 3.8) is 0 Å². The van der Waals surface area contributed by atoms with Gasteiger partial charge < -0.3 is 9.64 Å². The highest BCUT2D eigenvalue weighted by Crippen LogP contribution is 2.30. The lowest BCUT2D eigenvalue weighted by Gasteiger charge is -2.26. The van der Waals surface area contributed by atoms with Crippen molar-refractivity contribution < 1.29 is 17.9 Å². The van der Waals surface area contributed by atoms with Crippen molar-refractivity contribution in [3.05, 3.63) is 53.6 Å². The van der Waals surface area contributed by atoms with Gasteiger partial charge >= 0.3 is 0 Å². The topological polar surface area (TPSA) is 83.1 Å². The van der Waals surface area contributed by atoms with Gasteiger partial charge in [0.25, 0.3) is 5.91 Å². The Bertz CT molecular complexity index is 1230. The van der Waals surface area contributed by atoms with Crippen molar-refractivity contribution in [2.75, 3.05) is 58.4 Å². The monoisotopic (exact) mass is 488 g/mol. The van der Waals surface area contributed by atoms with Crippen LogP contribution in [0.4, 0.5) is 5.13 Å². The average Bonchev–Trinajstić information content (AvgIpc) is 3.22. The van der Waals surface area contributed by atoms with E-state index in [0.717, 1.165) is 15.8 Å². The second-order valence-corrected chi connectivity index (χ2v) is 11.2. The maximum absolute atomic E-state index is 13.5. The first-order valence-corrected chi connectivity index (χ1v) is 13.0. The molecule has 1 aromatic heterocycles. The third-order valence-electron chi connectivity index (χ3n) is 5.49. The smallest absolute Gasteiger partial charge is 0.260 e. The molecule has 1 amide bonds. The molecule has 8 nitrogen and oxygen atoms in total. The van der Waals surface area contributed by atoms with E-state index in [0.29, 0.717) is 50.1 Å². The second-order valence-electron chi connectivity index (χ2n) is 8.27. The van der Waals surface area contributed by atoms with Crippen LogP contribution in [-0.4, -0.2) is 82.0 Å². The molecule has 1 aliphatic heterocycles. The molecule has 33 heavy (non-hydrogen) atoms. The first-order valence-electron chi connectivity index (χ1n) is 10.8. The fourth-order valence-electron chi connectivity index (χ4n) is 3.58. The van der Waals surface area contributed by atoms with Crippen LogP contribution in [-0.2, 0) is 14.8 Å². The summed E-state index contributed by atoms with van der Waals surface area (Å²) in [6.07, 6.45) is 0. The van der Waals surface area contributed by atoms with Crippen molar-refractivity contribution in [3.8, 4) is 0 Å². The Kier molecular flexibility index (Phi) is 7.10. The summed E-state index contributed by atoms with van der Waals surface area (Å²) in [5.74, 6) is -0.206. The lowest BCUT2D eigenvalue weighted by Crippen LogP contribution is -2.40. The molecule has 0 atom stereocenters. The Labute approximate surface area is 198 Å². The maximum Gasteiger partial charge on any atom is 0.260 e. The SMILES string of the molecule is Cc1ccc2nc(N(CCN(C)C)C(=O)c3ccc(S(=O)(=O)N4CCOCC4)cc3)sc2c1. The number of hydrogen-bond donors (Lipinski definition) is 0. The van der Waals surface area contributed by atoms with Gasteiger partial charge in [0, 0.05) is 31.7 Å². The van der Waals surface area contributed by atoms with Crippen LogP contribution in [0.2, 0.25) is 0 Å². The lowest BCUT2D eigenvalue weighted by atomic mass is 10.2. The molecule has 0 radical (unpaired) electrons. The predicted molar refractivity (Wildman–Crippen MR) is 131 cm³/mol. The predicted octanol–water partition coefficient (Wildman–Crippen LogP) is 2.83. The van der Waals surface area contributed by atoms with Gasteiger partial charge in [0.05, 0.1) is 28.3 Å². The molecule has 0 aliphatic carbocycles. The molecule has 4 rings (SSSR count). The van der Waals surface area contributed by atoms with Crippen LogP contribution in [0.25, 0.3) is 10.2 Å². The zero-order chi connectivity index (χ0) is 23.6. The zero-order valence-electron chi connectivity index (χ0n) is 19.0. The van der Waals surface area contributed by atoms with Gasteiger partial charge in [-0.3, -0.25) is 9.69 Å². The standard InChI is InChI=1S/C23H28N4O4S2/c1-17-4-9-20-21(16-17)32-23(24-20)27(11-10-25(2)3)22(28)18-5-7-19(8-6-18)33(29,30)26-12-14-31-15-13-26/h4-9,16H,10-15H2,1-3H3. The summed E-state index contributed by atoms with van der Waals surface area (Å²) in [4.78, 5) is 22.0. The van der Waals surface area contributed by atoms with E-state index in [-0.39, 0.29) is 10.8 Å². The molecule has 1 fully saturated rings.